The van der Waals surface area contributed by atoms with Gasteiger partial charge in [-0.25, -0.2) is 0 Å². The summed E-state index contributed by atoms with van der Waals surface area (Å²) in [5, 5.41) is 8.01. The summed E-state index contributed by atoms with van der Waals surface area (Å²) in [5.41, 5.74) is 7.76. The molecule has 2 rings (SSSR count). The van der Waals surface area contributed by atoms with Gasteiger partial charge >= 0.3 is 0 Å². The van der Waals surface area contributed by atoms with Crippen LogP contribution < -0.4 is 5.73 Å². The molecular weight excluding hydrogens is 218 g/mol. The molecule has 1 unspecified atom stereocenters. The van der Waals surface area contributed by atoms with Gasteiger partial charge in [-0.15, -0.1) is 10.2 Å². The van der Waals surface area contributed by atoms with Crippen LogP contribution in [-0.2, 0) is 0 Å². The summed E-state index contributed by atoms with van der Waals surface area (Å²) in [6.07, 6.45) is 0.768. The predicted octanol–water partition coefficient (Wildman–Crippen LogP) is 2.66. The second-order valence-electron chi connectivity index (χ2n) is 4.17. The average molecular weight is 235 g/mol. The molecule has 5 heteroatoms. The summed E-state index contributed by atoms with van der Waals surface area (Å²) in [5.74, 6) is 2.62. The number of aromatic nitrogens is 2. The monoisotopic (exact) mass is 235 g/mol. The second kappa shape index (κ2) is 4.33. The fraction of sp³-hybridized carbons (Fsp3) is 0.500. The molecule has 92 valence electrons. The van der Waals surface area contributed by atoms with Crippen molar-refractivity contribution in [2.75, 3.05) is 0 Å². The summed E-state index contributed by atoms with van der Waals surface area (Å²) in [7, 11) is 0. The Morgan fingerprint density at radius 2 is 1.82 bits per heavy atom. The first kappa shape index (κ1) is 11.9. The number of furan rings is 1. The second-order valence-corrected chi connectivity index (χ2v) is 4.17. The Balaban J connectivity index is 2.43. The van der Waals surface area contributed by atoms with E-state index in [2.05, 4.69) is 10.2 Å². The molecular formula is C12H17N3O2. The van der Waals surface area contributed by atoms with Gasteiger partial charge in [-0.2, -0.15) is 0 Å². The van der Waals surface area contributed by atoms with Crippen LogP contribution in [0.5, 0.6) is 0 Å². The predicted molar refractivity (Wildman–Crippen MR) is 63.4 cm³/mol. The molecule has 2 aromatic rings. The van der Waals surface area contributed by atoms with Crippen LogP contribution in [0.25, 0.3) is 11.5 Å². The highest BCUT2D eigenvalue weighted by atomic mass is 16.4. The highest BCUT2D eigenvalue weighted by Gasteiger charge is 2.20. The molecule has 2 N–H and O–H groups in total. The molecule has 1 atom stereocenters. The van der Waals surface area contributed by atoms with Gasteiger partial charge in [-0.3, -0.25) is 0 Å². The SMILES string of the molecule is CCC(N)c1nnc(-c2c(C)oc(C)c2C)o1. The van der Waals surface area contributed by atoms with E-state index in [1.165, 1.54) is 0 Å². The molecule has 0 saturated heterocycles. The highest BCUT2D eigenvalue weighted by molar-refractivity contribution is 5.61. The lowest BCUT2D eigenvalue weighted by atomic mass is 10.1. The van der Waals surface area contributed by atoms with Crippen LogP contribution in [0.15, 0.2) is 8.83 Å². The maximum Gasteiger partial charge on any atom is 0.251 e. The minimum Gasteiger partial charge on any atom is -0.466 e. The van der Waals surface area contributed by atoms with Crippen molar-refractivity contribution in [2.24, 2.45) is 5.73 Å². The number of nitrogens with zero attached hydrogens (tertiary/aromatic N) is 2. The summed E-state index contributed by atoms with van der Waals surface area (Å²) in [6, 6.07) is -0.204. The van der Waals surface area contributed by atoms with Crippen molar-refractivity contribution >= 4 is 0 Å². The molecule has 0 spiro atoms. The molecule has 0 aliphatic carbocycles. The number of rotatable bonds is 3. The Morgan fingerprint density at radius 3 is 2.35 bits per heavy atom. The van der Waals surface area contributed by atoms with Crippen LogP contribution in [0, 0.1) is 20.8 Å². The topological polar surface area (TPSA) is 78.1 Å². The summed E-state index contributed by atoms with van der Waals surface area (Å²) < 4.78 is 11.1. The molecule has 2 aromatic heterocycles. The van der Waals surface area contributed by atoms with Gasteiger partial charge in [0.05, 0.1) is 11.6 Å². The van der Waals surface area contributed by atoms with Crippen molar-refractivity contribution in [1.29, 1.82) is 0 Å². The molecule has 2 heterocycles. The van der Waals surface area contributed by atoms with E-state index in [1.807, 2.05) is 27.7 Å². The fourth-order valence-corrected chi connectivity index (χ4v) is 1.77. The van der Waals surface area contributed by atoms with E-state index in [4.69, 9.17) is 14.6 Å². The lowest BCUT2D eigenvalue weighted by molar-refractivity contribution is 0.451. The molecule has 0 saturated carbocycles. The molecule has 0 aliphatic rings. The number of hydrogen-bond acceptors (Lipinski definition) is 5. The van der Waals surface area contributed by atoms with E-state index in [9.17, 15) is 0 Å². The van der Waals surface area contributed by atoms with E-state index in [0.717, 1.165) is 29.1 Å². The number of aryl methyl sites for hydroxylation is 2. The van der Waals surface area contributed by atoms with Crippen molar-refractivity contribution in [3.8, 4) is 11.5 Å². The molecule has 0 radical (unpaired) electrons. The van der Waals surface area contributed by atoms with Crippen molar-refractivity contribution in [3.05, 3.63) is 23.0 Å². The maximum absolute atomic E-state index is 5.85. The van der Waals surface area contributed by atoms with E-state index < -0.39 is 0 Å². The lowest BCUT2D eigenvalue weighted by Crippen LogP contribution is -2.08. The molecule has 17 heavy (non-hydrogen) atoms. The first-order chi connectivity index (χ1) is 8.04. The van der Waals surface area contributed by atoms with Crippen molar-refractivity contribution < 1.29 is 8.83 Å². The van der Waals surface area contributed by atoms with E-state index in [-0.39, 0.29) is 6.04 Å². The third-order valence-electron chi connectivity index (χ3n) is 2.97. The van der Waals surface area contributed by atoms with Gasteiger partial charge in [0.25, 0.3) is 5.89 Å². The minimum absolute atomic E-state index is 0.204. The molecule has 5 nitrogen and oxygen atoms in total. The lowest BCUT2D eigenvalue weighted by Gasteiger charge is -2.00. The average Bonchev–Trinajstić information content (AvgIpc) is 2.85. The fourth-order valence-electron chi connectivity index (χ4n) is 1.77. The normalized spacial score (nSPS) is 13.0. The Bertz CT molecular complexity index is 528. The van der Waals surface area contributed by atoms with Gasteiger partial charge in [0.15, 0.2) is 0 Å². The van der Waals surface area contributed by atoms with Crippen LogP contribution >= 0.6 is 0 Å². The summed E-state index contributed by atoms with van der Waals surface area (Å²) in [6.45, 7) is 7.76. The van der Waals surface area contributed by atoms with Crippen molar-refractivity contribution in [1.82, 2.24) is 10.2 Å². The van der Waals surface area contributed by atoms with Crippen LogP contribution in [0.1, 0.15) is 42.4 Å². The zero-order chi connectivity index (χ0) is 12.6. The standard InChI is InChI=1S/C12H17N3O2/c1-5-9(13)11-14-15-12(17-11)10-6(2)7(3)16-8(10)4/h9H,5,13H2,1-4H3. The zero-order valence-electron chi connectivity index (χ0n) is 10.6. The smallest absolute Gasteiger partial charge is 0.251 e. The highest BCUT2D eigenvalue weighted by Crippen LogP contribution is 2.31. The summed E-state index contributed by atoms with van der Waals surface area (Å²) in [4.78, 5) is 0. The van der Waals surface area contributed by atoms with Gasteiger partial charge < -0.3 is 14.6 Å². The van der Waals surface area contributed by atoms with Gasteiger partial charge in [-0.1, -0.05) is 6.92 Å². The largest absolute Gasteiger partial charge is 0.466 e. The van der Waals surface area contributed by atoms with Gasteiger partial charge in [0, 0.05) is 5.56 Å². The third kappa shape index (κ3) is 1.98. The third-order valence-corrected chi connectivity index (χ3v) is 2.97. The van der Waals surface area contributed by atoms with Crippen molar-refractivity contribution in [3.63, 3.8) is 0 Å². The molecule has 0 aromatic carbocycles. The number of nitrogens with two attached hydrogens (primary N) is 1. The van der Waals surface area contributed by atoms with Gasteiger partial charge in [0.2, 0.25) is 5.89 Å². The van der Waals surface area contributed by atoms with Crippen molar-refractivity contribution in [2.45, 2.75) is 40.2 Å². The zero-order valence-corrected chi connectivity index (χ0v) is 10.6. The molecule has 0 aliphatic heterocycles. The maximum atomic E-state index is 5.85. The van der Waals surface area contributed by atoms with Crippen LogP contribution in [0.3, 0.4) is 0 Å². The first-order valence-electron chi connectivity index (χ1n) is 5.70. The van der Waals surface area contributed by atoms with Gasteiger partial charge in [0.1, 0.15) is 11.5 Å². The van der Waals surface area contributed by atoms with Crippen LogP contribution in [-0.4, -0.2) is 10.2 Å². The van der Waals surface area contributed by atoms with E-state index in [1.54, 1.807) is 0 Å². The van der Waals surface area contributed by atoms with Crippen LogP contribution in [0.4, 0.5) is 0 Å². The number of hydrogen-bond donors (Lipinski definition) is 1. The van der Waals surface area contributed by atoms with E-state index in [0.29, 0.717) is 11.8 Å². The Labute approximate surface area is 100 Å². The van der Waals surface area contributed by atoms with Crippen LogP contribution in [0.2, 0.25) is 0 Å². The first-order valence-corrected chi connectivity index (χ1v) is 5.70. The Morgan fingerprint density at radius 1 is 1.12 bits per heavy atom. The quantitative estimate of drug-likeness (QED) is 0.884. The van der Waals surface area contributed by atoms with E-state index >= 15 is 0 Å². The Kier molecular flexibility index (Phi) is 3.02. The molecule has 0 amide bonds. The summed E-state index contributed by atoms with van der Waals surface area (Å²) >= 11 is 0. The minimum atomic E-state index is -0.204. The molecule has 0 fully saturated rings. The Hall–Kier alpha value is -1.62. The van der Waals surface area contributed by atoms with Gasteiger partial charge in [-0.05, 0) is 27.2 Å². The molecule has 0 bridgehead atoms.